The molecule has 0 aliphatic carbocycles. The van der Waals surface area contributed by atoms with Crippen molar-refractivity contribution in [3.63, 3.8) is 0 Å². The monoisotopic (exact) mass is 834 g/mol. The molecule has 60 heavy (non-hydrogen) atoms. The summed E-state index contributed by atoms with van der Waals surface area (Å²) < 4.78 is 58.2. The van der Waals surface area contributed by atoms with Crippen molar-refractivity contribution in [1.29, 1.82) is 5.26 Å². The molecule has 6 aliphatic rings. The number of hydrogen-bond donors (Lipinski definition) is 2. The molecule has 6 fully saturated rings. The van der Waals surface area contributed by atoms with Crippen molar-refractivity contribution >= 4 is 52.6 Å². The van der Waals surface area contributed by atoms with E-state index in [1.54, 1.807) is 39.0 Å². The zero-order valence-corrected chi connectivity index (χ0v) is 33.2. The van der Waals surface area contributed by atoms with Crippen molar-refractivity contribution in [2.45, 2.75) is 114 Å². The van der Waals surface area contributed by atoms with Crippen LogP contribution in [0.5, 0.6) is 0 Å². The van der Waals surface area contributed by atoms with Gasteiger partial charge in [0.25, 0.3) is 0 Å². The van der Waals surface area contributed by atoms with Crippen molar-refractivity contribution < 1.29 is 66.4 Å². The topological polar surface area (TPSA) is 205 Å². The number of aliphatic carboxylic acids is 1. The highest BCUT2D eigenvalue weighted by atomic mass is 19.4. The van der Waals surface area contributed by atoms with Gasteiger partial charge in [0.15, 0.2) is 5.69 Å². The van der Waals surface area contributed by atoms with E-state index in [2.05, 4.69) is 4.85 Å². The molecule has 4 bridgehead atoms. The van der Waals surface area contributed by atoms with Gasteiger partial charge in [0, 0.05) is 18.5 Å². The highest BCUT2D eigenvalue weighted by molar-refractivity contribution is 6.24. The average molecular weight is 835 g/mol. The van der Waals surface area contributed by atoms with Gasteiger partial charge in [-0.05, 0) is 69.5 Å². The Kier molecular flexibility index (Phi) is 10.1. The van der Waals surface area contributed by atoms with E-state index in [1.165, 1.54) is 11.0 Å². The number of carbonyl (C=O) groups is 6. The van der Waals surface area contributed by atoms with Crippen molar-refractivity contribution in [3.8, 4) is 6.07 Å². The number of benzene rings is 2. The number of nitrogens with zero attached hydrogens (tertiary/aromatic N) is 4. The lowest BCUT2D eigenvalue weighted by atomic mass is 9.66. The number of aliphatic hydroxyl groups excluding tert-OH is 1. The van der Waals surface area contributed by atoms with Crippen molar-refractivity contribution in [3.05, 3.63) is 64.5 Å². The summed E-state index contributed by atoms with van der Waals surface area (Å²) in [6.45, 7) is 15.9. The van der Waals surface area contributed by atoms with Crippen LogP contribution < -0.4 is 9.80 Å². The first-order valence-corrected chi connectivity index (χ1v) is 19.4. The summed E-state index contributed by atoms with van der Waals surface area (Å²) in [4.78, 5) is 81.5. The third-order valence-electron chi connectivity index (χ3n) is 13.3. The van der Waals surface area contributed by atoms with Gasteiger partial charge in [-0.25, -0.2) is 14.6 Å². The zero-order valence-electron chi connectivity index (χ0n) is 33.2. The summed E-state index contributed by atoms with van der Waals surface area (Å²) in [6, 6.07) is 9.03. The standard InChI is InChI=1S/C23H21F3N2O7.C19H20N2O4/c1-3-22-14(34-16(31)7-6-15(29)30)9-21(2,35-22)17-18(22)20(33)28(19(17)32)12-5-4-11(10-27)13(8-12)23(24,25)26;1-5-19-13(22)9-18(3,25-19)14-15(19)17(24)21(16(14)23)11-6-7-12(20-4)10(2)8-11/h4-5,8,14,17-18H,3,6-7,9H2,1-2H3,(H,29,30);6-8,13-15,22H,5,9H2,1-3H3/t14-,17+,18-,21?,22?;13-,14+,15-,18?,19?/m10/s1. The van der Waals surface area contributed by atoms with Crippen LogP contribution in [0.3, 0.4) is 0 Å². The number of imide groups is 2. The molecule has 6 saturated heterocycles. The number of halogens is 3. The van der Waals surface area contributed by atoms with Gasteiger partial charge in [0.2, 0.25) is 23.6 Å². The highest BCUT2D eigenvalue weighted by Crippen LogP contribution is 2.64. The summed E-state index contributed by atoms with van der Waals surface area (Å²) in [6.07, 6.45) is -6.32. The van der Waals surface area contributed by atoms with Gasteiger partial charge in [-0.2, -0.15) is 18.4 Å². The number of carbonyl (C=O) groups excluding carboxylic acids is 5. The normalized spacial score (nSPS) is 34.6. The minimum absolute atomic E-state index is 0.0643. The molecular formula is C42H41F3N4O11. The average Bonchev–Trinajstić information content (AvgIpc) is 3.95. The third kappa shape index (κ3) is 6.02. The van der Waals surface area contributed by atoms with Crippen LogP contribution in [0.1, 0.15) is 82.9 Å². The predicted molar refractivity (Wildman–Crippen MR) is 200 cm³/mol. The molecule has 8 rings (SSSR count). The number of carboxylic acid groups (broad SMARTS) is 1. The fraction of sp³-hybridized carbons (Fsp3) is 0.524. The summed E-state index contributed by atoms with van der Waals surface area (Å²) in [5.41, 5.74) is -4.93. The van der Waals surface area contributed by atoms with Gasteiger partial charge >= 0.3 is 18.1 Å². The van der Waals surface area contributed by atoms with Gasteiger partial charge in [-0.1, -0.05) is 19.9 Å². The van der Waals surface area contributed by atoms with E-state index in [1.807, 2.05) is 13.8 Å². The van der Waals surface area contributed by atoms with Gasteiger partial charge in [0.05, 0.1) is 83.3 Å². The van der Waals surface area contributed by atoms with Crippen LogP contribution in [0.25, 0.3) is 4.85 Å². The first-order chi connectivity index (χ1) is 28.1. The molecule has 0 saturated carbocycles. The van der Waals surface area contributed by atoms with Gasteiger partial charge in [-0.15, -0.1) is 0 Å². The molecule has 18 heteroatoms. The fourth-order valence-corrected chi connectivity index (χ4v) is 10.7. The smallest absolute Gasteiger partial charge is 0.417 e. The van der Waals surface area contributed by atoms with E-state index >= 15 is 0 Å². The molecular weight excluding hydrogens is 793 g/mol. The molecule has 2 aromatic rings. The Morgan fingerprint density at radius 2 is 1.40 bits per heavy atom. The lowest BCUT2D eigenvalue weighted by Gasteiger charge is -2.36. The van der Waals surface area contributed by atoms with E-state index in [4.69, 9.17) is 31.2 Å². The molecule has 15 nitrogen and oxygen atoms in total. The van der Waals surface area contributed by atoms with Crippen LogP contribution in [0, 0.1) is 48.5 Å². The predicted octanol–water partition coefficient (Wildman–Crippen LogP) is 5.15. The first kappa shape index (κ1) is 42.4. The number of alkyl halides is 3. The minimum Gasteiger partial charge on any atom is -0.481 e. The summed E-state index contributed by atoms with van der Waals surface area (Å²) in [5, 5.41) is 28.3. The Hall–Kier alpha value is -5.69. The molecule has 4 amide bonds. The number of fused-ring (bicyclic) bond motifs is 10. The number of amides is 4. The number of ether oxygens (including phenoxy) is 3. The summed E-state index contributed by atoms with van der Waals surface area (Å²) >= 11 is 0. The molecule has 6 aliphatic heterocycles. The van der Waals surface area contributed by atoms with Crippen LogP contribution in [0.2, 0.25) is 0 Å². The number of hydrogen-bond acceptors (Lipinski definition) is 11. The van der Waals surface area contributed by atoms with E-state index in [-0.39, 0.29) is 36.8 Å². The number of nitriles is 1. The van der Waals surface area contributed by atoms with Crippen LogP contribution in [-0.4, -0.2) is 80.4 Å². The Bertz CT molecular complexity index is 2340. The number of esters is 1. The van der Waals surface area contributed by atoms with Crippen molar-refractivity contribution in [1.82, 2.24) is 0 Å². The molecule has 316 valence electrons. The summed E-state index contributed by atoms with van der Waals surface area (Å²) in [5.74, 6) is -7.41. The van der Waals surface area contributed by atoms with Crippen LogP contribution in [0.4, 0.5) is 30.2 Å². The maximum absolute atomic E-state index is 13.5. The highest BCUT2D eigenvalue weighted by Gasteiger charge is 2.78. The Labute approximate surface area is 341 Å². The Balaban J connectivity index is 0.000000191. The summed E-state index contributed by atoms with van der Waals surface area (Å²) in [7, 11) is 0. The van der Waals surface area contributed by atoms with Crippen LogP contribution >= 0.6 is 0 Å². The second kappa shape index (κ2) is 14.2. The van der Waals surface area contributed by atoms with E-state index in [9.17, 15) is 47.0 Å². The molecule has 4 unspecified atom stereocenters. The number of carboxylic acids is 1. The van der Waals surface area contributed by atoms with E-state index in [0.717, 1.165) is 17.7 Å². The maximum Gasteiger partial charge on any atom is 0.417 e. The number of aliphatic hydroxyl groups is 1. The largest absolute Gasteiger partial charge is 0.481 e. The van der Waals surface area contributed by atoms with Crippen LogP contribution in [-0.2, 0) is 49.2 Å². The fourth-order valence-electron chi connectivity index (χ4n) is 10.7. The molecule has 10 atom stereocenters. The zero-order chi connectivity index (χ0) is 44.1. The maximum atomic E-state index is 13.5. The second-order valence-electron chi connectivity index (χ2n) is 16.6. The molecule has 0 radical (unpaired) electrons. The lowest BCUT2D eigenvalue weighted by Crippen LogP contribution is -2.52. The lowest BCUT2D eigenvalue weighted by molar-refractivity contribution is -0.166. The number of rotatable bonds is 8. The van der Waals surface area contributed by atoms with E-state index in [0.29, 0.717) is 35.2 Å². The van der Waals surface area contributed by atoms with Gasteiger partial charge in [0.1, 0.15) is 17.3 Å². The number of anilines is 2. The molecule has 2 N–H and O–H groups in total. The van der Waals surface area contributed by atoms with Gasteiger partial charge < -0.3 is 24.4 Å². The quantitative estimate of drug-likeness (QED) is 0.201. The first-order valence-electron chi connectivity index (χ1n) is 19.4. The van der Waals surface area contributed by atoms with Crippen molar-refractivity contribution in [2.75, 3.05) is 9.80 Å². The minimum atomic E-state index is -4.88. The van der Waals surface area contributed by atoms with Crippen LogP contribution in [0.15, 0.2) is 36.4 Å². The Morgan fingerprint density at radius 3 is 1.92 bits per heavy atom. The van der Waals surface area contributed by atoms with E-state index < -0.39 is 106 Å². The second-order valence-corrected chi connectivity index (χ2v) is 16.6. The SMILES string of the molecule is CCC12OC(C)(C[C@H]1OC(=O)CCC(=O)O)[C@@H]1C(=O)N(c3ccc(C#N)c(C(F)(F)F)c3)C(=O)[C@@H]12.[C-]#[N+]c1ccc(N2C(=O)[C@@H]3[C@H](C2=O)C2(C)C[C@H](O)C3(CC)O2)cc1C. The van der Waals surface area contributed by atoms with Crippen molar-refractivity contribution in [2.24, 2.45) is 23.7 Å². The third-order valence-corrected chi connectivity index (χ3v) is 13.3. The number of aryl methyl sites for hydroxylation is 1. The molecule has 0 aromatic heterocycles. The molecule has 0 spiro atoms. The Morgan fingerprint density at radius 1 is 0.883 bits per heavy atom. The molecule has 2 aromatic carbocycles. The molecule has 6 heterocycles. The van der Waals surface area contributed by atoms with Gasteiger partial charge in [-0.3, -0.25) is 28.8 Å².